The SMILES string of the molecule is COC(=O)c1nccn1Cc1cccc2sc(SC)nc12. The fourth-order valence-corrected chi connectivity index (χ4v) is 3.63. The number of aromatic nitrogens is 3. The standard InChI is InChI=1S/C14H13N3O2S2/c1-19-13(18)12-15-6-7-17(12)8-9-4-3-5-10-11(9)16-14(20-2)21-10/h3-7H,8H2,1-2H3. The molecule has 0 saturated heterocycles. The maximum Gasteiger partial charge on any atom is 0.374 e. The van der Waals surface area contributed by atoms with Crippen LogP contribution in [0.5, 0.6) is 0 Å². The Morgan fingerprint density at radius 1 is 1.48 bits per heavy atom. The molecule has 2 aromatic heterocycles. The Kier molecular flexibility index (Phi) is 3.94. The summed E-state index contributed by atoms with van der Waals surface area (Å²) in [7, 11) is 1.35. The first kappa shape index (κ1) is 14.1. The van der Waals surface area contributed by atoms with Gasteiger partial charge in [-0.15, -0.1) is 11.3 Å². The van der Waals surface area contributed by atoms with E-state index in [1.54, 1.807) is 40.1 Å². The lowest BCUT2D eigenvalue weighted by atomic mass is 10.2. The second-order valence-electron chi connectivity index (χ2n) is 4.32. The second kappa shape index (κ2) is 5.87. The predicted octanol–water partition coefficient (Wildman–Crippen LogP) is 3.05. The van der Waals surface area contributed by atoms with E-state index in [1.807, 2.05) is 18.4 Å². The Hall–Kier alpha value is -1.86. The van der Waals surface area contributed by atoms with Crippen molar-refractivity contribution in [3.05, 3.63) is 42.0 Å². The van der Waals surface area contributed by atoms with Gasteiger partial charge in [0.15, 0.2) is 4.34 Å². The number of hydrogen-bond acceptors (Lipinski definition) is 6. The average molecular weight is 319 g/mol. The monoisotopic (exact) mass is 319 g/mol. The van der Waals surface area contributed by atoms with Crippen molar-refractivity contribution in [2.24, 2.45) is 0 Å². The number of nitrogens with zero attached hydrogens (tertiary/aromatic N) is 3. The van der Waals surface area contributed by atoms with E-state index >= 15 is 0 Å². The largest absolute Gasteiger partial charge is 0.463 e. The van der Waals surface area contributed by atoms with Gasteiger partial charge in [-0.25, -0.2) is 14.8 Å². The maximum atomic E-state index is 11.7. The van der Waals surface area contributed by atoms with Crippen LogP contribution in [0.2, 0.25) is 0 Å². The summed E-state index contributed by atoms with van der Waals surface area (Å²) < 4.78 is 8.71. The highest BCUT2D eigenvalue weighted by Crippen LogP contribution is 2.30. The number of methoxy groups -OCH3 is 1. The summed E-state index contributed by atoms with van der Waals surface area (Å²) in [5.41, 5.74) is 2.04. The highest BCUT2D eigenvalue weighted by atomic mass is 32.2. The van der Waals surface area contributed by atoms with Crippen LogP contribution in [-0.4, -0.2) is 33.9 Å². The van der Waals surface area contributed by atoms with Crippen LogP contribution in [0, 0.1) is 0 Å². The van der Waals surface area contributed by atoms with Crippen molar-refractivity contribution in [2.75, 3.05) is 13.4 Å². The Bertz CT molecular complexity index is 794. The molecule has 0 amide bonds. The van der Waals surface area contributed by atoms with Crippen molar-refractivity contribution in [3.63, 3.8) is 0 Å². The van der Waals surface area contributed by atoms with E-state index in [0.29, 0.717) is 12.4 Å². The third-order valence-electron chi connectivity index (χ3n) is 3.08. The van der Waals surface area contributed by atoms with Crippen molar-refractivity contribution >= 4 is 39.3 Å². The van der Waals surface area contributed by atoms with E-state index in [-0.39, 0.29) is 0 Å². The van der Waals surface area contributed by atoms with Crippen LogP contribution in [0.25, 0.3) is 10.2 Å². The lowest BCUT2D eigenvalue weighted by molar-refractivity contribution is 0.0582. The molecule has 0 fully saturated rings. The average Bonchev–Trinajstić information content (AvgIpc) is 3.13. The summed E-state index contributed by atoms with van der Waals surface area (Å²) in [5.74, 6) is -0.134. The first-order valence-corrected chi connectivity index (χ1v) is 8.29. The molecule has 5 nitrogen and oxygen atoms in total. The number of benzene rings is 1. The summed E-state index contributed by atoms with van der Waals surface area (Å²) in [6.45, 7) is 0.541. The van der Waals surface area contributed by atoms with E-state index in [4.69, 9.17) is 4.74 Å². The van der Waals surface area contributed by atoms with Gasteiger partial charge < -0.3 is 9.30 Å². The molecule has 0 radical (unpaired) electrons. The van der Waals surface area contributed by atoms with Crippen LogP contribution in [-0.2, 0) is 11.3 Å². The number of esters is 1. The Morgan fingerprint density at radius 2 is 2.33 bits per heavy atom. The number of carbonyl (C=O) groups excluding carboxylic acids is 1. The first-order valence-electron chi connectivity index (χ1n) is 6.25. The van der Waals surface area contributed by atoms with Crippen LogP contribution in [0.3, 0.4) is 0 Å². The van der Waals surface area contributed by atoms with E-state index < -0.39 is 5.97 Å². The molecule has 21 heavy (non-hydrogen) atoms. The molecule has 0 spiro atoms. The highest BCUT2D eigenvalue weighted by molar-refractivity contribution is 8.00. The van der Waals surface area contributed by atoms with Gasteiger partial charge >= 0.3 is 5.97 Å². The molecule has 0 saturated carbocycles. The van der Waals surface area contributed by atoms with Crippen molar-refractivity contribution in [2.45, 2.75) is 10.9 Å². The van der Waals surface area contributed by atoms with Crippen molar-refractivity contribution in [1.29, 1.82) is 0 Å². The van der Waals surface area contributed by atoms with Gasteiger partial charge in [-0.2, -0.15) is 0 Å². The number of carbonyl (C=O) groups is 1. The quantitative estimate of drug-likeness (QED) is 0.546. The number of rotatable bonds is 4. The summed E-state index contributed by atoms with van der Waals surface area (Å²) in [6.07, 6.45) is 5.39. The van der Waals surface area contributed by atoms with Crippen LogP contribution in [0.1, 0.15) is 16.2 Å². The maximum absolute atomic E-state index is 11.7. The van der Waals surface area contributed by atoms with Gasteiger partial charge in [0.1, 0.15) is 0 Å². The molecule has 108 valence electrons. The van der Waals surface area contributed by atoms with Crippen LogP contribution in [0.4, 0.5) is 0 Å². The smallest absolute Gasteiger partial charge is 0.374 e. The van der Waals surface area contributed by atoms with E-state index in [2.05, 4.69) is 16.0 Å². The zero-order valence-corrected chi connectivity index (χ0v) is 13.2. The van der Waals surface area contributed by atoms with Crippen molar-refractivity contribution < 1.29 is 9.53 Å². The van der Waals surface area contributed by atoms with Gasteiger partial charge in [0.2, 0.25) is 5.82 Å². The molecule has 0 aliphatic carbocycles. The molecule has 0 aliphatic heterocycles. The normalized spacial score (nSPS) is 11.0. The van der Waals surface area contributed by atoms with Gasteiger partial charge in [0, 0.05) is 12.4 Å². The molecule has 0 aliphatic rings. The zero-order valence-electron chi connectivity index (χ0n) is 11.6. The lowest BCUT2D eigenvalue weighted by Crippen LogP contribution is -2.12. The minimum atomic E-state index is -0.435. The summed E-state index contributed by atoms with van der Waals surface area (Å²) in [4.78, 5) is 20.4. The van der Waals surface area contributed by atoms with Crippen molar-refractivity contribution in [1.82, 2.24) is 14.5 Å². The molecule has 0 N–H and O–H groups in total. The lowest BCUT2D eigenvalue weighted by Gasteiger charge is -2.07. The summed E-state index contributed by atoms with van der Waals surface area (Å²) in [6, 6.07) is 6.09. The molecule has 3 rings (SSSR count). The number of thiazole rings is 1. The van der Waals surface area contributed by atoms with E-state index in [0.717, 1.165) is 20.1 Å². The molecule has 0 unspecified atom stereocenters. The van der Waals surface area contributed by atoms with E-state index in [9.17, 15) is 4.79 Å². The molecular weight excluding hydrogens is 306 g/mol. The highest BCUT2D eigenvalue weighted by Gasteiger charge is 2.15. The topological polar surface area (TPSA) is 57.0 Å². The number of hydrogen-bond donors (Lipinski definition) is 0. The van der Waals surface area contributed by atoms with E-state index in [1.165, 1.54) is 7.11 Å². The number of ether oxygens (including phenoxy) is 1. The second-order valence-corrected chi connectivity index (χ2v) is 6.40. The third-order valence-corrected chi connectivity index (χ3v) is 5.09. The minimum Gasteiger partial charge on any atom is -0.463 e. The fraction of sp³-hybridized carbons (Fsp3) is 0.214. The molecule has 3 aromatic rings. The molecule has 1 aromatic carbocycles. The van der Waals surface area contributed by atoms with Crippen LogP contribution >= 0.6 is 23.1 Å². The number of imidazole rings is 1. The van der Waals surface area contributed by atoms with Gasteiger partial charge in [-0.05, 0) is 17.9 Å². The number of thioether (sulfide) groups is 1. The Morgan fingerprint density at radius 3 is 3.10 bits per heavy atom. The Balaban J connectivity index is 2.00. The summed E-state index contributed by atoms with van der Waals surface area (Å²) in [5, 5.41) is 0. The predicted molar refractivity (Wildman–Crippen MR) is 84.1 cm³/mol. The van der Waals surface area contributed by atoms with Crippen molar-refractivity contribution in [3.8, 4) is 0 Å². The third kappa shape index (κ3) is 2.66. The van der Waals surface area contributed by atoms with Gasteiger partial charge in [-0.3, -0.25) is 0 Å². The van der Waals surface area contributed by atoms with Gasteiger partial charge in [0.05, 0.1) is 23.9 Å². The minimum absolute atomic E-state index is 0.301. The molecule has 7 heteroatoms. The first-order chi connectivity index (χ1) is 10.2. The van der Waals surface area contributed by atoms with Gasteiger partial charge in [-0.1, -0.05) is 23.9 Å². The molecular formula is C14H13N3O2S2. The van der Waals surface area contributed by atoms with Gasteiger partial charge in [0.25, 0.3) is 0 Å². The zero-order chi connectivity index (χ0) is 14.8. The number of para-hydroxylation sites is 1. The van der Waals surface area contributed by atoms with Crippen LogP contribution in [0.15, 0.2) is 34.9 Å². The summed E-state index contributed by atoms with van der Waals surface area (Å²) >= 11 is 3.31. The number of fused-ring (bicyclic) bond motifs is 1. The Labute approximate surface area is 130 Å². The fourth-order valence-electron chi connectivity index (χ4n) is 2.10. The molecule has 0 bridgehead atoms. The molecule has 2 heterocycles. The van der Waals surface area contributed by atoms with Crippen LogP contribution < -0.4 is 0 Å². The molecule has 0 atom stereocenters.